The lowest BCUT2D eigenvalue weighted by Gasteiger charge is -2.11. The quantitative estimate of drug-likeness (QED) is 0.467. The van der Waals surface area contributed by atoms with Gasteiger partial charge in [0.1, 0.15) is 11.5 Å². The average Bonchev–Trinajstić information content (AvgIpc) is 2.44. The fourth-order valence-electron chi connectivity index (χ4n) is 1.78. The van der Waals surface area contributed by atoms with Gasteiger partial charge in [-0.15, -0.1) is 0 Å². The van der Waals surface area contributed by atoms with E-state index in [0.717, 1.165) is 19.4 Å². The van der Waals surface area contributed by atoms with Crippen molar-refractivity contribution >= 4 is 44.5 Å². The summed E-state index contributed by atoms with van der Waals surface area (Å²) in [5.41, 5.74) is 0.793. The second-order valence-electron chi connectivity index (χ2n) is 4.29. The molecule has 0 unspecified atom stereocenters. The maximum Gasteiger partial charge on any atom is 0.310 e. The van der Waals surface area contributed by atoms with Gasteiger partial charge >= 0.3 is 5.97 Å². The van der Waals surface area contributed by atoms with Crippen LogP contribution in [-0.2, 0) is 16.0 Å². The van der Waals surface area contributed by atoms with Crippen LogP contribution in [0.1, 0.15) is 12.5 Å². The fourth-order valence-corrected chi connectivity index (χ4v) is 2.55. The lowest BCUT2D eigenvalue weighted by molar-refractivity contribution is -0.142. The highest BCUT2D eigenvalue weighted by atomic mass is 127. The van der Waals surface area contributed by atoms with Crippen molar-refractivity contribution < 1.29 is 14.3 Å². The van der Waals surface area contributed by atoms with Crippen LogP contribution in [0.4, 0.5) is 0 Å². The van der Waals surface area contributed by atoms with Gasteiger partial charge in [0.05, 0.1) is 13.0 Å². The number of ether oxygens (including phenoxy) is 2. The molecule has 2 aromatic rings. The van der Waals surface area contributed by atoms with E-state index in [0.29, 0.717) is 12.4 Å². The Labute approximate surface area is 145 Å². The lowest BCUT2D eigenvalue weighted by atomic mass is 10.1. The minimum absolute atomic E-state index is 0.187. The summed E-state index contributed by atoms with van der Waals surface area (Å²) >= 11 is 5.65. The van der Waals surface area contributed by atoms with Gasteiger partial charge in [0.25, 0.3) is 0 Å². The third kappa shape index (κ3) is 5.00. The molecule has 0 aliphatic rings. The Morgan fingerprint density at radius 1 is 1.19 bits per heavy atom. The minimum Gasteiger partial charge on any atom is -0.466 e. The number of benzene rings is 2. The van der Waals surface area contributed by atoms with E-state index in [1.807, 2.05) is 42.5 Å². The van der Waals surface area contributed by atoms with Crippen molar-refractivity contribution in [2.45, 2.75) is 13.3 Å². The monoisotopic (exact) mass is 460 g/mol. The topological polar surface area (TPSA) is 35.5 Å². The van der Waals surface area contributed by atoms with Crippen LogP contribution in [0.15, 0.2) is 46.9 Å². The zero-order valence-electron chi connectivity index (χ0n) is 11.4. The molecule has 0 radical (unpaired) electrons. The highest BCUT2D eigenvalue weighted by molar-refractivity contribution is 14.1. The standard InChI is InChI=1S/C16H14BrIO3/c1-2-20-16(19)10-11-9-12(17)3-8-15(11)21-14-6-4-13(18)5-7-14/h3-9H,2,10H2,1H3. The molecule has 0 fully saturated rings. The summed E-state index contributed by atoms with van der Waals surface area (Å²) in [4.78, 5) is 11.7. The molecule has 0 saturated heterocycles. The van der Waals surface area contributed by atoms with Crippen LogP contribution < -0.4 is 4.74 Å². The van der Waals surface area contributed by atoms with Crippen LogP contribution in [0.5, 0.6) is 11.5 Å². The molecule has 0 aliphatic heterocycles. The second kappa shape index (κ2) is 7.79. The van der Waals surface area contributed by atoms with Crippen molar-refractivity contribution in [1.82, 2.24) is 0 Å². The third-order valence-electron chi connectivity index (χ3n) is 2.70. The van der Waals surface area contributed by atoms with Gasteiger partial charge in [0.2, 0.25) is 0 Å². The number of carbonyl (C=O) groups is 1. The third-order valence-corrected chi connectivity index (χ3v) is 3.92. The van der Waals surface area contributed by atoms with Crippen LogP contribution in [0.25, 0.3) is 0 Å². The first-order valence-corrected chi connectivity index (χ1v) is 8.33. The van der Waals surface area contributed by atoms with Gasteiger partial charge < -0.3 is 9.47 Å². The van der Waals surface area contributed by atoms with Crippen molar-refractivity contribution in [2.75, 3.05) is 6.61 Å². The van der Waals surface area contributed by atoms with Gasteiger partial charge in [-0.05, 0) is 72.0 Å². The number of carbonyl (C=O) groups excluding carboxylic acids is 1. The summed E-state index contributed by atoms with van der Waals surface area (Å²) < 4.78 is 12.9. The van der Waals surface area contributed by atoms with Gasteiger partial charge in [0, 0.05) is 13.6 Å². The van der Waals surface area contributed by atoms with Crippen molar-refractivity contribution in [2.24, 2.45) is 0 Å². The summed E-state index contributed by atoms with van der Waals surface area (Å²) in [6.45, 7) is 2.17. The number of esters is 1. The van der Waals surface area contributed by atoms with Gasteiger partial charge in [-0.2, -0.15) is 0 Å². The summed E-state index contributed by atoms with van der Waals surface area (Å²) in [5.74, 6) is 1.14. The molecule has 21 heavy (non-hydrogen) atoms. The first-order valence-electron chi connectivity index (χ1n) is 6.46. The normalized spacial score (nSPS) is 10.2. The van der Waals surface area contributed by atoms with E-state index in [2.05, 4.69) is 38.5 Å². The Hall–Kier alpha value is -1.08. The van der Waals surface area contributed by atoms with Crippen molar-refractivity contribution in [3.05, 3.63) is 56.1 Å². The van der Waals surface area contributed by atoms with Crippen molar-refractivity contribution in [1.29, 1.82) is 0 Å². The smallest absolute Gasteiger partial charge is 0.310 e. The zero-order chi connectivity index (χ0) is 15.2. The number of hydrogen-bond donors (Lipinski definition) is 0. The van der Waals surface area contributed by atoms with E-state index in [1.54, 1.807) is 6.92 Å². The summed E-state index contributed by atoms with van der Waals surface area (Å²) in [5, 5.41) is 0. The maximum atomic E-state index is 11.7. The average molecular weight is 461 g/mol. The van der Waals surface area contributed by atoms with Crippen LogP contribution in [0.3, 0.4) is 0 Å². The Kier molecular flexibility index (Phi) is 6.05. The Bertz CT molecular complexity index is 626. The molecule has 0 bridgehead atoms. The summed E-state index contributed by atoms with van der Waals surface area (Å²) in [6.07, 6.45) is 0.187. The second-order valence-corrected chi connectivity index (χ2v) is 6.45. The van der Waals surface area contributed by atoms with Crippen molar-refractivity contribution in [3.8, 4) is 11.5 Å². The van der Waals surface area contributed by atoms with Crippen LogP contribution >= 0.6 is 38.5 Å². The molecule has 3 nitrogen and oxygen atoms in total. The van der Waals surface area contributed by atoms with Gasteiger partial charge in [-0.3, -0.25) is 4.79 Å². The summed E-state index contributed by atoms with van der Waals surface area (Å²) in [7, 11) is 0. The first-order chi connectivity index (χ1) is 10.1. The number of halogens is 2. The zero-order valence-corrected chi connectivity index (χ0v) is 15.2. The van der Waals surface area contributed by atoms with Crippen LogP contribution in [0, 0.1) is 3.57 Å². The van der Waals surface area contributed by atoms with E-state index in [4.69, 9.17) is 9.47 Å². The highest BCUT2D eigenvalue weighted by Gasteiger charge is 2.11. The molecule has 110 valence electrons. The molecule has 0 aromatic heterocycles. The number of hydrogen-bond acceptors (Lipinski definition) is 3. The van der Waals surface area contributed by atoms with E-state index < -0.39 is 0 Å². The van der Waals surface area contributed by atoms with Crippen molar-refractivity contribution in [3.63, 3.8) is 0 Å². The Morgan fingerprint density at radius 3 is 2.57 bits per heavy atom. The largest absolute Gasteiger partial charge is 0.466 e. The minimum atomic E-state index is -0.261. The van der Waals surface area contributed by atoms with E-state index in [9.17, 15) is 4.79 Å². The molecule has 0 N–H and O–H groups in total. The molecular weight excluding hydrogens is 447 g/mol. The molecule has 0 aliphatic carbocycles. The number of rotatable bonds is 5. The molecule has 2 rings (SSSR count). The molecule has 0 spiro atoms. The Morgan fingerprint density at radius 2 is 1.90 bits per heavy atom. The first kappa shape index (κ1) is 16.3. The van der Waals surface area contributed by atoms with Gasteiger partial charge in [0.15, 0.2) is 0 Å². The lowest BCUT2D eigenvalue weighted by Crippen LogP contribution is -2.08. The van der Waals surface area contributed by atoms with E-state index >= 15 is 0 Å². The SMILES string of the molecule is CCOC(=O)Cc1cc(Br)ccc1Oc1ccc(I)cc1. The predicted octanol–water partition coefficient (Wildman–Crippen LogP) is 4.95. The van der Waals surface area contributed by atoms with E-state index in [1.165, 1.54) is 0 Å². The van der Waals surface area contributed by atoms with Gasteiger partial charge in [-0.25, -0.2) is 0 Å². The summed E-state index contributed by atoms with van der Waals surface area (Å²) in [6, 6.07) is 13.3. The molecule has 2 aromatic carbocycles. The van der Waals surface area contributed by atoms with Gasteiger partial charge in [-0.1, -0.05) is 15.9 Å². The fraction of sp³-hybridized carbons (Fsp3) is 0.188. The van der Waals surface area contributed by atoms with E-state index in [-0.39, 0.29) is 12.4 Å². The van der Waals surface area contributed by atoms with Crippen LogP contribution in [-0.4, -0.2) is 12.6 Å². The molecular formula is C16H14BrIO3. The van der Waals surface area contributed by atoms with Crippen LogP contribution in [0.2, 0.25) is 0 Å². The molecule has 0 heterocycles. The molecule has 0 saturated carbocycles. The predicted molar refractivity (Wildman–Crippen MR) is 93.7 cm³/mol. The molecule has 5 heteroatoms. The molecule has 0 atom stereocenters. The maximum absolute atomic E-state index is 11.7. The molecule has 0 amide bonds. The highest BCUT2D eigenvalue weighted by Crippen LogP contribution is 2.29. The Balaban J connectivity index is 2.21.